The summed E-state index contributed by atoms with van der Waals surface area (Å²) in [5, 5.41) is 2.65. The van der Waals surface area contributed by atoms with Crippen molar-refractivity contribution in [2.75, 3.05) is 6.61 Å². The third kappa shape index (κ3) is 4.60. The van der Waals surface area contributed by atoms with Crippen LogP contribution in [0.5, 0.6) is 0 Å². The second-order valence-corrected chi connectivity index (χ2v) is 3.50. The predicted octanol–water partition coefficient (Wildman–Crippen LogP) is 1.02. The van der Waals surface area contributed by atoms with E-state index in [2.05, 4.69) is 10.3 Å². The minimum absolute atomic E-state index is 0.0553. The van der Waals surface area contributed by atoms with Crippen LogP contribution in [0.4, 0.5) is 0 Å². The van der Waals surface area contributed by atoms with Crippen molar-refractivity contribution < 1.29 is 13.9 Å². The molecule has 0 radical (unpaired) electrons. The second-order valence-electron chi connectivity index (χ2n) is 3.50. The number of ether oxygens (including phenoxy) is 1. The summed E-state index contributed by atoms with van der Waals surface area (Å²) in [6.07, 6.45) is 1.67. The highest BCUT2D eigenvalue weighted by Crippen LogP contribution is 2.00. The maximum atomic E-state index is 11.2. The molecule has 0 atom stereocenters. The van der Waals surface area contributed by atoms with E-state index < -0.39 is 0 Å². The van der Waals surface area contributed by atoms with Crippen LogP contribution in [0.2, 0.25) is 0 Å². The van der Waals surface area contributed by atoms with Crippen molar-refractivity contribution in [3.63, 3.8) is 0 Å². The molecule has 0 saturated heterocycles. The molecule has 5 nitrogen and oxygen atoms in total. The van der Waals surface area contributed by atoms with Crippen molar-refractivity contribution in [3.8, 4) is 0 Å². The lowest BCUT2D eigenvalue weighted by atomic mass is 10.5. The Labute approximate surface area is 88.8 Å². The molecule has 1 N–H and O–H groups in total. The molecule has 0 saturated carbocycles. The average molecular weight is 212 g/mol. The number of amides is 1. The molecule has 1 rings (SSSR count). The smallest absolute Gasteiger partial charge is 0.246 e. The molecule has 1 aromatic rings. The number of rotatable bonds is 5. The van der Waals surface area contributed by atoms with Gasteiger partial charge in [0.05, 0.1) is 18.8 Å². The van der Waals surface area contributed by atoms with Gasteiger partial charge in [0.1, 0.15) is 12.4 Å². The van der Waals surface area contributed by atoms with Gasteiger partial charge in [0.25, 0.3) is 0 Å². The van der Waals surface area contributed by atoms with Crippen LogP contribution in [0.25, 0.3) is 0 Å². The summed E-state index contributed by atoms with van der Waals surface area (Å²) in [7, 11) is 0. The van der Waals surface area contributed by atoms with Gasteiger partial charge in [0.2, 0.25) is 11.8 Å². The van der Waals surface area contributed by atoms with Gasteiger partial charge in [-0.15, -0.1) is 0 Å². The molecule has 15 heavy (non-hydrogen) atoms. The summed E-state index contributed by atoms with van der Waals surface area (Å²) in [5.74, 6) is 1.07. The third-order valence-corrected chi connectivity index (χ3v) is 1.65. The fraction of sp³-hybridized carbons (Fsp3) is 0.600. The van der Waals surface area contributed by atoms with E-state index in [1.54, 1.807) is 13.1 Å². The van der Waals surface area contributed by atoms with E-state index in [0.717, 1.165) is 5.76 Å². The maximum Gasteiger partial charge on any atom is 0.246 e. The normalized spacial score (nSPS) is 10.7. The summed E-state index contributed by atoms with van der Waals surface area (Å²) < 4.78 is 10.3. The van der Waals surface area contributed by atoms with Gasteiger partial charge in [-0.2, -0.15) is 0 Å². The molecule has 5 heteroatoms. The van der Waals surface area contributed by atoms with Crippen molar-refractivity contribution in [1.82, 2.24) is 10.3 Å². The Morgan fingerprint density at radius 2 is 2.40 bits per heavy atom. The Morgan fingerprint density at radius 3 is 2.93 bits per heavy atom. The highest BCUT2D eigenvalue weighted by molar-refractivity contribution is 5.77. The molecule has 0 spiro atoms. The number of hydrogen-bond acceptors (Lipinski definition) is 4. The molecule has 1 heterocycles. The summed E-state index contributed by atoms with van der Waals surface area (Å²) in [4.78, 5) is 15.2. The van der Waals surface area contributed by atoms with Gasteiger partial charge in [-0.3, -0.25) is 4.79 Å². The highest BCUT2D eigenvalue weighted by atomic mass is 16.5. The first-order chi connectivity index (χ1) is 7.08. The van der Waals surface area contributed by atoms with Gasteiger partial charge in [0.15, 0.2) is 0 Å². The molecule has 0 aliphatic rings. The number of aromatic nitrogens is 1. The first-order valence-electron chi connectivity index (χ1n) is 4.87. The highest BCUT2D eigenvalue weighted by Gasteiger charge is 2.05. The lowest BCUT2D eigenvalue weighted by Crippen LogP contribution is -2.28. The molecule has 0 unspecified atom stereocenters. The molecule has 0 fully saturated rings. The monoisotopic (exact) mass is 212 g/mol. The van der Waals surface area contributed by atoms with E-state index in [4.69, 9.17) is 9.15 Å². The Hall–Kier alpha value is -1.36. The summed E-state index contributed by atoms with van der Waals surface area (Å²) >= 11 is 0. The molecule has 1 amide bonds. The maximum absolute atomic E-state index is 11.2. The quantitative estimate of drug-likeness (QED) is 0.791. The van der Waals surface area contributed by atoms with Crippen molar-refractivity contribution in [2.45, 2.75) is 33.4 Å². The van der Waals surface area contributed by atoms with Gasteiger partial charge in [0, 0.05) is 0 Å². The summed E-state index contributed by atoms with van der Waals surface area (Å²) in [5.41, 5.74) is 0. The number of aryl methyl sites for hydroxylation is 1. The molecular formula is C10H16N2O3. The molecule has 0 bridgehead atoms. The van der Waals surface area contributed by atoms with Crippen molar-refractivity contribution in [1.29, 1.82) is 0 Å². The zero-order chi connectivity index (χ0) is 11.3. The van der Waals surface area contributed by atoms with Crippen LogP contribution < -0.4 is 5.32 Å². The Morgan fingerprint density at radius 1 is 1.67 bits per heavy atom. The topological polar surface area (TPSA) is 64.4 Å². The van der Waals surface area contributed by atoms with Crippen LogP contribution in [-0.4, -0.2) is 23.6 Å². The lowest BCUT2D eigenvalue weighted by Gasteiger charge is -2.06. The summed E-state index contributed by atoms with van der Waals surface area (Å²) in [6.45, 7) is 5.93. The van der Waals surface area contributed by atoms with Gasteiger partial charge in [-0.1, -0.05) is 0 Å². The molecule has 0 aliphatic carbocycles. The second kappa shape index (κ2) is 5.50. The Bertz CT molecular complexity index is 320. The zero-order valence-electron chi connectivity index (χ0n) is 9.24. The number of hydrogen-bond donors (Lipinski definition) is 1. The number of nitrogens with one attached hydrogen (secondary N) is 1. The number of oxazole rings is 1. The Balaban J connectivity index is 2.22. The van der Waals surface area contributed by atoms with Crippen molar-refractivity contribution >= 4 is 5.91 Å². The number of nitrogens with zero attached hydrogens (tertiary/aromatic N) is 1. The standard InChI is InChI=1S/C10H16N2O3/c1-7(2)14-6-9(13)11-5-10-12-4-8(3)15-10/h4,7H,5-6H2,1-3H3,(H,11,13). The van der Waals surface area contributed by atoms with E-state index in [1.807, 2.05) is 13.8 Å². The number of carbonyl (C=O) groups is 1. The Kier molecular flexibility index (Phi) is 4.30. The molecular weight excluding hydrogens is 196 g/mol. The first kappa shape index (κ1) is 11.7. The molecule has 1 aromatic heterocycles. The molecule has 0 aromatic carbocycles. The van der Waals surface area contributed by atoms with Crippen LogP contribution in [0.15, 0.2) is 10.6 Å². The average Bonchev–Trinajstić information content (AvgIpc) is 2.58. The van der Waals surface area contributed by atoms with Gasteiger partial charge in [-0.05, 0) is 20.8 Å². The minimum atomic E-state index is -0.167. The fourth-order valence-corrected chi connectivity index (χ4v) is 0.951. The van der Waals surface area contributed by atoms with Crippen LogP contribution in [-0.2, 0) is 16.1 Å². The zero-order valence-corrected chi connectivity index (χ0v) is 9.24. The van der Waals surface area contributed by atoms with E-state index in [9.17, 15) is 4.79 Å². The fourth-order valence-electron chi connectivity index (χ4n) is 0.951. The van der Waals surface area contributed by atoms with Crippen LogP contribution in [0, 0.1) is 6.92 Å². The van der Waals surface area contributed by atoms with Crippen LogP contribution in [0.3, 0.4) is 0 Å². The van der Waals surface area contributed by atoms with Crippen LogP contribution in [0.1, 0.15) is 25.5 Å². The number of carbonyl (C=O) groups excluding carboxylic acids is 1. The predicted molar refractivity (Wildman–Crippen MR) is 54.2 cm³/mol. The van der Waals surface area contributed by atoms with E-state index in [-0.39, 0.29) is 18.6 Å². The minimum Gasteiger partial charge on any atom is -0.444 e. The largest absolute Gasteiger partial charge is 0.444 e. The molecule has 84 valence electrons. The van der Waals surface area contributed by atoms with E-state index >= 15 is 0 Å². The van der Waals surface area contributed by atoms with Crippen molar-refractivity contribution in [3.05, 3.63) is 17.8 Å². The van der Waals surface area contributed by atoms with E-state index in [1.165, 1.54) is 0 Å². The van der Waals surface area contributed by atoms with Gasteiger partial charge in [-0.25, -0.2) is 4.98 Å². The van der Waals surface area contributed by atoms with Gasteiger partial charge >= 0.3 is 0 Å². The molecule has 0 aliphatic heterocycles. The lowest BCUT2D eigenvalue weighted by molar-refractivity contribution is -0.127. The van der Waals surface area contributed by atoms with Gasteiger partial charge < -0.3 is 14.5 Å². The first-order valence-corrected chi connectivity index (χ1v) is 4.87. The third-order valence-electron chi connectivity index (χ3n) is 1.65. The van der Waals surface area contributed by atoms with Crippen molar-refractivity contribution in [2.24, 2.45) is 0 Å². The SMILES string of the molecule is Cc1cnc(CNC(=O)COC(C)C)o1. The van der Waals surface area contributed by atoms with Crippen LogP contribution >= 0.6 is 0 Å². The van der Waals surface area contributed by atoms with E-state index in [0.29, 0.717) is 12.4 Å². The summed E-state index contributed by atoms with van der Waals surface area (Å²) in [6, 6.07) is 0.